The minimum atomic E-state index is 0.704. The fourth-order valence-electron chi connectivity index (χ4n) is 1.79. The van der Waals surface area contributed by atoms with Crippen molar-refractivity contribution in [2.75, 3.05) is 13.2 Å². The van der Waals surface area contributed by atoms with Crippen LogP contribution in [-0.2, 0) is 13.0 Å². The van der Waals surface area contributed by atoms with Crippen molar-refractivity contribution in [2.45, 2.75) is 19.9 Å². The van der Waals surface area contributed by atoms with E-state index in [0.29, 0.717) is 6.61 Å². The first kappa shape index (κ1) is 12.6. The Bertz CT molecular complexity index is 454. The van der Waals surface area contributed by atoms with E-state index >= 15 is 0 Å². The summed E-state index contributed by atoms with van der Waals surface area (Å²) in [4.78, 5) is 7.27. The third kappa shape index (κ3) is 3.89. The number of benzene rings is 1. The SMILES string of the molecule is CCOc1cccc(CNCCc2ncc[nH]2)c1. The molecule has 0 aliphatic carbocycles. The molecule has 0 atom stereocenters. The van der Waals surface area contributed by atoms with Gasteiger partial charge >= 0.3 is 0 Å². The van der Waals surface area contributed by atoms with E-state index in [1.165, 1.54) is 5.56 Å². The van der Waals surface area contributed by atoms with Crippen molar-refractivity contribution in [3.8, 4) is 5.75 Å². The molecule has 96 valence electrons. The van der Waals surface area contributed by atoms with Gasteiger partial charge in [0.1, 0.15) is 11.6 Å². The third-order valence-electron chi connectivity index (χ3n) is 2.63. The topological polar surface area (TPSA) is 49.9 Å². The first-order valence-electron chi connectivity index (χ1n) is 6.29. The molecule has 0 aliphatic rings. The summed E-state index contributed by atoms with van der Waals surface area (Å²) in [5.41, 5.74) is 1.24. The van der Waals surface area contributed by atoms with Crippen LogP contribution in [0, 0.1) is 0 Å². The molecule has 4 heteroatoms. The summed E-state index contributed by atoms with van der Waals surface area (Å²) in [6.07, 6.45) is 4.54. The molecular weight excluding hydrogens is 226 g/mol. The van der Waals surface area contributed by atoms with Gasteiger partial charge in [-0.1, -0.05) is 12.1 Å². The van der Waals surface area contributed by atoms with Crippen LogP contribution in [0.15, 0.2) is 36.7 Å². The average molecular weight is 245 g/mol. The molecule has 1 aromatic heterocycles. The average Bonchev–Trinajstić information content (AvgIpc) is 2.89. The molecule has 0 bridgehead atoms. The zero-order valence-electron chi connectivity index (χ0n) is 10.6. The smallest absolute Gasteiger partial charge is 0.119 e. The summed E-state index contributed by atoms with van der Waals surface area (Å²) >= 11 is 0. The summed E-state index contributed by atoms with van der Waals surface area (Å²) in [7, 11) is 0. The number of nitrogens with one attached hydrogen (secondary N) is 2. The molecule has 0 fully saturated rings. The Morgan fingerprint density at radius 3 is 3.11 bits per heavy atom. The number of aromatic amines is 1. The standard InChI is InChI=1S/C14H19N3O/c1-2-18-13-5-3-4-12(10-13)11-15-7-6-14-16-8-9-17-14/h3-5,8-10,15H,2,6-7,11H2,1H3,(H,16,17). The molecule has 0 amide bonds. The van der Waals surface area contributed by atoms with E-state index in [2.05, 4.69) is 27.4 Å². The van der Waals surface area contributed by atoms with Crippen LogP contribution < -0.4 is 10.1 Å². The van der Waals surface area contributed by atoms with Crippen LogP contribution in [0.25, 0.3) is 0 Å². The molecule has 18 heavy (non-hydrogen) atoms. The van der Waals surface area contributed by atoms with Gasteiger partial charge in [0, 0.05) is 31.9 Å². The van der Waals surface area contributed by atoms with E-state index in [4.69, 9.17) is 4.74 Å². The van der Waals surface area contributed by atoms with Crippen molar-refractivity contribution >= 4 is 0 Å². The lowest BCUT2D eigenvalue weighted by Crippen LogP contribution is -2.17. The first-order valence-corrected chi connectivity index (χ1v) is 6.29. The molecule has 0 saturated carbocycles. The van der Waals surface area contributed by atoms with Crippen LogP contribution in [0.5, 0.6) is 5.75 Å². The van der Waals surface area contributed by atoms with E-state index in [1.807, 2.05) is 25.3 Å². The Kier molecular flexibility index (Phi) is 4.78. The maximum Gasteiger partial charge on any atom is 0.119 e. The predicted molar refractivity (Wildman–Crippen MR) is 71.6 cm³/mol. The summed E-state index contributed by atoms with van der Waals surface area (Å²) < 4.78 is 5.47. The van der Waals surface area contributed by atoms with Gasteiger partial charge in [-0.2, -0.15) is 0 Å². The molecule has 2 rings (SSSR count). The second-order valence-electron chi connectivity index (χ2n) is 4.04. The zero-order valence-corrected chi connectivity index (χ0v) is 10.6. The van der Waals surface area contributed by atoms with Crippen LogP contribution in [0.3, 0.4) is 0 Å². The molecule has 1 heterocycles. The lowest BCUT2D eigenvalue weighted by molar-refractivity contribution is 0.340. The normalized spacial score (nSPS) is 10.5. The summed E-state index contributed by atoms with van der Waals surface area (Å²) in [6.45, 7) is 4.46. The quantitative estimate of drug-likeness (QED) is 0.735. The Balaban J connectivity index is 1.74. The van der Waals surface area contributed by atoms with Gasteiger partial charge in [-0.3, -0.25) is 0 Å². The van der Waals surface area contributed by atoms with Crippen molar-refractivity contribution in [1.29, 1.82) is 0 Å². The number of H-pyrrole nitrogens is 1. The Morgan fingerprint density at radius 2 is 2.33 bits per heavy atom. The molecule has 0 radical (unpaired) electrons. The van der Waals surface area contributed by atoms with Gasteiger partial charge in [0.2, 0.25) is 0 Å². The molecule has 0 spiro atoms. The maximum atomic E-state index is 5.47. The number of ether oxygens (including phenoxy) is 1. The van der Waals surface area contributed by atoms with Crippen LogP contribution in [0.2, 0.25) is 0 Å². The van der Waals surface area contributed by atoms with E-state index in [1.54, 1.807) is 6.20 Å². The maximum absolute atomic E-state index is 5.47. The van der Waals surface area contributed by atoms with E-state index < -0.39 is 0 Å². The lowest BCUT2D eigenvalue weighted by atomic mass is 10.2. The van der Waals surface area contributed by atoms with Crippen LogP contribution in [0.4, 0.5) is 0 Å². The highest BCUT2D eigenvalue weighted by Gasteiger charge is 1.97. The molecule has 0 aliphatic heterocycles. The molecule has 4 nitrogen and oxygen atoms in total. The van der Waals surface area contributed by atoms with Gasteiger partial charge in [-0.05, 0) is 24.6 Å². The Labute approximate surface area is 107 Å². The summed E-state index contributed by atoms with van der Waals surface area (Å²) in [5, 5.41) is 3.39. The molecule has 1 aromatic carbocycles. The second-order valence-corrected chi connectivity index (χ2v) is 4.04. The molecule has 2 aromatic rings. The van der Waals surface area contributed by atoms with Crippen LogP contribution in [0.1, 0.15) is 18.3 Å². The number of hydrogen-bond donors (Lipinski definition) is 2. The van der Waals surface area contributed by atoms with E-state index in [0.717, 1.165) is 31.1 Å². The number of aromatic nitrogens is 2. The minimum absolute atomic E-state index is 0.704. The first-order chi connectivity index (χ1) is 8.88. The number of rotatable bonds is 7. The van der Waals surface area contributed by atoms with Gasteiger partial charge in [0.05, 0.1) is 6.61 Å². The minimum Gasteiger partial charge on any atom is -0.494 e. The number of imidazole rings is 1. The van der Waals surface area contributed by atoms with Crippen molar-refractivity contribution in [3.05, 3.63) is 48.0 Å². The monoisotopic (exact) mass is 245 g/mol. The molecular formula is C14H19N3O. The summed E-state index contributed by atoms with van der Waals surface area (Å²) in [5.74, 6) is 1.95. The fourth-order valence-corrected chi connectivity index (χ4v) is 1.79. The molecule has 0 unspecified atom stereocenters. The fraction of sp³-hybridized carbons (Fsp3) is 0.357. The van der Waals surface area contributed by atoms with Crippen molar-refractivity contribution in [1.82, 2.24) is 15.3 Å². The molecule has 2 N–H and O–H groups in total. The van der Waals surface area contributed by atoms with Gasteiger partial charge in [-0.25, -0.2) is 4.98 Å². The lowest BCUT2D eigenvalue weighted by Gasteiger charge is -2.07. The highest BCUT2D eigenvalue weighted by Crippen LogP contribution is 2.12. The summed E-state index contributed by atoms with van der Waals surface area (Å²) in [6, 6.07) is 8.18. The zero-order chi connectivity index (χ0) is 12.6. The second kappa shape index (κ2) is 6.81. The van der Waals surface area contributed by atoms with E-state index in [9.17, 15) is 0 Å². The number of nitrogens with zero attached hydrogens (tertiary/aromatic N) is 1. The van der Waals surface area contributed by atoms with Crippen molar-refractivity contribution < 1.29 is 4.74 Å². The van der Waals surface area contributed by atoms with Crippen molar-refractivity contribution in [3.63, 3.8) is 0 Å². The van der Waals surface area contributed by atoms with Crippen LogP contribution >= 0.6 is 0 Å². The van der Waals surface area contributed by atoms with Gasteiger partial charge in [0.15, 0.2) is 0 Å². The van der Waals surface area contributed by atoms with Crippen molar-refractivity contribution in [2.24, 2.45) is 0 Å². The molecule has 0 saturated heterocycles. The Hall–Kier alpha value is -1.81. The van der Waals surface area contributed by atoms with Crippen LogP contribution in [-0.4, -0.2) is 23.1 Å². The van der Waals surface area contributed by atoms with Gasteiger partial charge < -0.3 is 15.0 Å². The van der Waals surface area contributed by atoms with Gasteiger partial charge in [0.25, 0.3) is 0 Å². The highest BCUT2D eigenvalue weighted by atomic mass is 16.5. The van der Waals surface area contributed by atoms with Gasteiger partial charge in [-0.15, -0.1) is 0 Å². The number of hydrogen-bond acceptors (Lipinski definition) is 3. The van der Waals surface area contributed by atoms with E-state index in [-0.39, 0.29) is 0 Å². The third-order valence-corrected chi connectivity index (χ3v) is 2.63. The highest BCUT2D eigenvalue weighted by molar-refractivity contribution is 5.28. The largest absolute Gasteiger partial charge is 0.494 e. The Morgan fingerprint density at radius 1 is 1.39 bits per heavy atom. The predicted octanol–water partition coefficient (Wildman–Crippen LogP) is 2.14.